The molecule has 32 heavy (non-hydrogen) atoms. The maximum absolute atomic E-state index is 13.8. The number of aromatic carboxylic acids is 1. The van der Waals surface area contributed by atoms with Gasteiger partial charge in [-0.25, -0.2) is 4.79 Å². The SMILES string of the molecule is CC1CCC(C(=O)N(CC2CC[NH+](C)CC2)c2cc(-c3ccccc3)sc2C(=O)O)CC1. The minimum atomic E-state index is -0.949. The number of rotatable bonds is 6. The van der Waals surface area contributed by atoms with Gasteiger partial charge in [0.1, 0.15) is 4.88 Å². The van der Waals surface area contributed by atoms with Gasteiger partial charge in [-0.05, 0) is 49.1 Å². The molecule has 0 spiro atoms. The number of carboxylic acids is 1. The normalized spacial score (nSPS) is 25.9. The minimum absolute atomic E-state index is 0.00445. The van der Waals surface area contributed by atoms with Crippen molar-refractivity contribution in [3.63, 3.8) is 0 Å². The minimum Gasteiger partial charge on any atom is -0.477 e. The summed E-state index contributed by atoms with van der Waals surface area (Å²) in [7, 11) is 2.22. The number of nitrogens with one attached hydrogen (secondary N) is 1. The summed E-state index contributed by atoms with van der Waals surface area (Å²) in [5.41, 5.74) is 1.59. The molecule has 172 valence electrons. The summed E-state index contributed by atoms with van der Waals surface area (Å²) >= 11 is 1.28. The number of likely N-dealkylation sites (tertiary alicyclic amines) is 1. The average Bonchev–Trinajstić information content (AvgIpc) is 3.25. The fraction of sp³-hybridized carbons (Fsp3) is 0.538. The molecule has 1 amide bonds. The number of amides is 1. The molecule has 0 radical (unpaired) electrons. The Kier molecular flexibility index (Phi) is 7.31. The van der Waals surface area contributed by atoms with E-state index in [4.69, 9.17) is 0 Å². The molecule has 2 aromatic rings. The highest BCUT2D eigenvalue weighted by atomic mass is 32.1. The molecular weight excluding hydrogens is 420 g/mol. The molecule has 0 atom stereocenters. The number of anilines is 1. The molecule has 1 saturated carbocycles. The lowest BCUT2D eigenvalue weighted by Gasteiger charge is -2.35. The summed E-state index contributed by atoms with van der Waals surface area (Å²) in [6.07, 6.45) is 6.13. The van der Waals surface area contributed by atoms with Gasteiger partial charge in [0.15, 0.2) is 0 Å². The molecule has 2 fully saturated rings. The standard InChI is InChI=1S/C26H34N2O3S/c1-18-8-10-21(11-9-18)25(29)28(17-19-12-14-27(2)15-13-19)22-16-23(32-24(22)26(30)31)20-6-4-3-5-7-20/h3-7,16,18-19,21H,8-15,17H2,1-2H3,(H,30,31)/p+1. The van der Waals surface area contributed by atoms with Crippen molar-refractivity contribution in [2.45, 2.75) is 45.4 Å². The van der Waals surface area contributed by atoms with Crippen LogP contribution in [0.1, 0.15) is 55.1 Å². The first-order chi connectivity index (χ1) is 15.4. The number of thiophene rings is 1. The van der Waals surface area contributed by atoms with Crippen LogP contribution in [0.2, 0.25) is 0 Å². The lowest BCUT2D eigenvalue weighted by atomic mass is 9.82. The second-order valence-electron chi connectivity index (χ2n) is 9.80. The van der Waals surface area contributed by atoms with Gasteiger partial charge in [0.05, 0.1) is 25.8 Å². The predicted molar refractivity (Wildman–Crippen MR) is 130 cm³/mol. The van der Waals surface area contributed by atoms with Crippen molar-refractivity contribution >= 4 is 28.9 Å². The quantitative estimate of drug-likeness (QED) is 0.686. The highest BCUT2D eigenvalue weighted by molar-refractivity contribution is 7.18. The first-order valence-corrected chi connectivity index (χ1v) is 12.8. The van der Waals surface area contributed by atoms with Crippen LogP contribution < -0.4 is 9.80 Å². The average molecular weight is 456 g/mol. The Morgan fingerprint density at radius 2 is 1.72 bits per heavy atom. The monoisotopic (exact) mass is 455 g/mol. The van der Waals surface area contributed by atoms with Gasteiger partial charge in [0, 0.05) is 30.2 Å². The Bertz CT molecular complexity index is 926. The number of carboxylic acid groups (broad SMARTS) is 1. The van der Waals surface area contributed by atoms with Crippen molar-refractivity contribution in [3.05, 3.63) is 41.3 Å². The fourth-order valence-electron chi connectivity index (χ4n) is 5.13. The third-order valence-corrected chi connectivity index (χ3v) is 8.45. The Morgan fingerprint density at radius 1 is 1.06 bits per heavy atom. The number of carbonyl (C=O) groups excluding carboxylic acids is 1. The zero-order valence-electron chi connectivity index (χ0n) is 19.2. The molecule has 0 bridgehead atoms. The summed E-state index contributed by atoms with van der Waals surface area (Å²) in [4.78, 5) is 30.6. The van der Waals surface area contributed by atoms with Gasteiger partial charge in [0.25, 0.3) is 0 Å². The molecule has 1 aromatic carbocycles. The van der Waals surface area contributed by atoms with Crippen LogP contribution in [0.3, 0.4) is 0 Å². The number of benzene rings is 1. The second-order valence-corrected chi connectivity index (χ2v) is 10.9. The van der Waals surface area contributed by atoms with E-state index in [1.165, 1.54) is 16.2 Å². The van der Waals surface area contributed by atoms with E-state index in [-0.39, 0.29) is 16.7 Å². The van der Waals surface area contributed by atoms with Gasteiger partial charge in [-0.15, -0.1) is 11.3 Å². The van der Waals surface area contributed by atoms with E-state index in [9.17, 15) is 14.7 Å². The molecule has 6 heteroatoms. The molecule has 2 N–H and O–H groups in total. The lowest BCUT2D eigenvalue weighted by molar-refractivity contribution is -0.885. The zero-order chi connectivity index (χ0) is 22.7. The topological polar surface area (TPSA) is 62.1 Å². The maximum atomic E-state index is 13.8. The third-order valence-electron chi connectivity index (χ3n) is 7.29. The molecule has 4 rings (SSSR count). The lowest BCUT2D eigenvalue weighted by Crippen LogP contribution is -3.10. The Morgan fingerprint density at radius 3 is 2.34 bits per heavy atom. The van der Waals surface area contributed by atoms with Crippen LogP contribution in [0.15, 0.2) is 36.4 Å². The van der Waals surface area contributed by atoms with Crippen LogP contribution in [0, 0.1) is 17.8 Å². The Balaban J connectivity index is 1.67. The van der Waals surface area contributed by atoms with Crippen LogP contribution >= 0.6 is 11.3 Å². The summed E-state index contributed by atoms with van der Waals surface area (Å²) in [6, 6.07) is 11.8. The van der Waals surface area contributed by atoms with Crippen molar-refractivity contribution in [3.8, 4) is 10.4 Å². The first-order valence-electron chi connectivity index (χ1n) is 12.0. The van der Waals surface area contributed by atoms with Crippen molar-refractivity contribution in [1.29, 1.82) is 0 Å². The van der Waals surface area contributed by atoms with E-state index in [1.807, 2.05) is 41.3 Å². The summed E-state index contributed by atoms with van der Waals surface area (Å²) in [5.74, 6) is 0.277. The van der Waals surface area contributed by atoms with E-state index in [0.717, 1.165) is 62.1 Å². The van der Waals surface area contributed by atoms with Crippen LogP contribution in [0.4, 0.5) is 5.69 Å². The van der Waals surface area contributed by atoms with Crippen molar-refractivity contribution in [2.75, 3.05) is 31.6 Å². The molecule has 1 aromatic heterocycles. The summed E-state index contributed by atoms with van der Waals surface area (Å²) in [6.45, 7) is 5.10. The Labute approximate surface area is 195 Å². The number of piperidine rings is 1. The van der Waals surface area contributed by atoms with Crippen LogP contribution in [-0.4, -0.2) is 43.7 Å². The second kappa shape index (κ2) is 10.2. The van der Waals surface area contributed by atoms with Crippen molar-refractivity contribution < 1.29 is 19.6 Å². The van der Waals surface area contributed by atoms with E-state index < -0.39 is 5.97 Å². The van der Waals surface area contributed by atoms with E-state index in [0.29, 0.717) is 24.1 Å². The number of nitrogens with zero attached hydrogens (tertiary/aromatic N) is 1. The highest BCUT2D eigenvalue weighted by Gasteiger charge is 2.34. The fourth-order valence-corrected chi connectivity index (χ4v) is 6.13. The van der Waals surface area contributed by atoms with Gasteiger partial charge in [-0.3, -0.25) is 4.79 Å². The van der Waals surface area contributed by atoms with Crippen molar-refractivity contribution in [1.82, 2.24) is 0 Å². The van der Waals surface area contributed by atoms with E-state index in [2.05, 4.69) is 14.0 Å². The molecule has 1 aliphatic carbocycles. The summed E-state index contributed by atoms with van der Waals surface area (Å²) < 4.78 is 0. The molecule has 0 unspecified atom stereocenters. The van der Waals surface area contributed by atoms with Crippen LogP contribution in [0.5, 0.6) is 0 Å². The number of hydrogen-bond donors (Lipinski definition) is 2. The molecule has 1 aliphatic heterocycles. The number of hydrogen-bond acceptors (Lipinski definition) is 3. The molecule has 2 heterocycles. The number of quaternary nitrogens is 1. The summed E-state index contributed by atoms with van der Waals surface area (Å²) in [5, 5.41) is 10.0. The van der Waals surface area contributed by atoms with Crippen molar-refractivity contribution in [2.24, 2.45) is 17.8 Å². The smallest absolute Gasteiger partial charge is 0.348 e. The predicted octanol–water partition coefficient (Wildman–Crippen LogP) is 4.20. The molecular formula is C26H35N2O3S+. The number of carbonyl (C=O) groups is 2. The molecule has 1 saturated heterocycles. The highest BCUT2D eigenvalue weighted by Crippen LogP contribution is 2.39. The first kappa shape index (κ1) is 23.0. The van der Waals surface area contributed by atoms with Crippen LogP contribution in [0.25, 0.3) is 10.4 Å². The Hall–Kier alpha value is -2.18. The maximum Gasteiger partial charge on any atom is 0.348 e. The van der Waals surface area contributed by atoms with Gasteiger partial charge >= 0.3 is 5.97 Å². The van der Waals surface area contributed by atoms with E-state index in [1.54, 1.807) is 0 Å². The van der Waals surface area contributed by atoms with E-state index >= 15 is 0 Å². The zero-order valence-corrected chi connectivity index (χ0v) is 20.0. The van der Waals surface area contributed by atoms with Gasteiger partial charge in [-0.2, -0.15) is 0 Å². The van der Waals surface area contributed by atoms with Gasteiger partial charge in [0.2, 0.25) is 5.91 Å². The largest absolute Gasteiger partial charge is 0.477 e. The van der Waals surface area contributed by atoms with Crippen LogP contribution in [-0.2, 0) is 4.79 Å². The molecule has 2 aliphatic rings. The third kappa shape index (κ3) is 5.24. The van der Waals surface area contributed by atoms with Gasteiger partial charge < -0.3 is 14.9 Å². The molecule has 5 nitrogen and oxygen atoms in total. The van der Waals surface area contributed by atoms with Gasteiger partial charge in [-0.1, -0.05) is 37.3 Å².